The average molecular weight is 280 g/mol. The molecule has 1 aromatic rings. The van der Waals surface area contributed by atoms with E-state index in [1.165, 1.54) is 12.1 Å². The van der Waals surface area contributed by atoms with E-state index in [2.05, 4.69) is 19.2 Å². The van der Waals surface area contributed by atoms with Crippen LogP contribution in [-0.4, -0.2) is 11.9 Å². The quantitative estimate of drug-likeness (QED) is 0.746. The van der Waals surface area contributed by atoms with Gasteiger partial charge in [0.2, 0.25) is 0 Å². The second-order valence-electron chi connectivity index (χ2n) is 5.30. The second kappa shape index (κ2) is 7.88. The Morgan fingerprint density at radius 2 is 2.00 bits per heavy atom. The lowest BCUT2D eigenvalue weighted by Gasteiger charge is -2.18. The Kier molecular flexibility index (Phi) is 6.49. The van der Waals surface area contributed by atoms with Crippen LogP contribution in [0.1, 0.15) is 61.9 Å². The summed E-state index contributed by atoms with van der Waals surface area (Å²) >= 11 is 0. The van der Waals surface area contributed by atoms with E-state index in [-0.39, 0.29) is 17.5 Å². The smallest absolute Gasteiger partial charge is 0.254 e. The number of rotatable bonds is 7. The maximum atomic E-state index is 14.0. The Bertz CT molecular complexity index is 460. The number of carbonyl (C=O) groups excluding carboxylic acids is 1. The van der Waals surface area contributed by atoms with Gasteiger partial charge in [-0.25, -0.2) is 4.39 Å². The summed E-state index contributed by atoms with van der Waals surface area (Å²) < 4.78 is 14.0. The van der Waals surface area contributed by atoms with Crippen LogP contribution in [0.25, 0.3) is 0 Å². The molecule has 0 radical (unpaired) electrons. The predicted molar refractivity (Wildman–Crippen MR) is 81.2 cm³/mol. The van der Waals surface area contributed by atoms with E-state index in [4.69, 9.17) is 5.73 Å². The SMILES string of the molecule is CCCCC(CCC)NC(=O)c1cc(N)cc(C)c1F. The van der Waals surface area contributed by atoms with Gasteiger partial charge in [-0.3, -0.25) is 4.79 Å². The van der Waals surface area contributed by atoms with Gasteiger partial charge in [-0.1, -0.05) is 33.1 Å². The number of aryl methyl sites for hydroxylation is 1. The Balaban J connectivity index is 2.83. The number of nitrogens with one attached hydrogen (secondary N) is 1. The number of benzene rings is 1. The van der Waals surface area contributed by atoms with Crippen LogP contribution in [0.4, 0.5) is 10.1 Å². The summed E-state index contributed by atoms with van der Waals surface area (Å²) in [6.07, 6.45) is 4.98. The molecule has 0 bridgehead atoms. The molecule has 0 aromatic heterocycles. The van der Waals surface area contributed by atoms with Gasteiger partial charge in [-0.2, -0.15) is 0 Å². The van der Waals surface area contributed by atoms with Crippen LogP contribution < -0.4 is 11.1 Å². The zero-order valence-electron chi connectivity index (χ0n) is 12.6. The molecule has 1 atom stereocenters. The number of carbonyl (C=O) groups is 1. The Morgan fingerprint density at radius 1 is 1.30 bits per heavy atom. The van der Waals surface area contributed by atoms with Gasteiger partial charge >= 0.3 is 0 Å². The first-order chi connectivity index (χ1) is 9.49. The van der Waals surface area contributed by atoms with Gasteiger partial charge in [0.1, 0.15) is 5.82 Å². The highest BCUT2D eigenvalue weighted by atomic mass is 19.1. The molecule has 112 valence electrons. The molecule has 0 spiro atoms. The van der Waals surface area contributed by atoms with Gasteiger partial charge < -0.3 is 11.1 Å². The molecule has 1 unspecified atom stereocenters. The molecule has 0 aliphatic rings. The van der Waals surface area contributed by atoms with Crippen molar-refractivity contribution in [3.05, 3.63) is 29.1 Å². The summed E-state index contributed by atoms with van der Waals surface area (Å²) in [7, 11) is 0. The lowest BCUT2D eigenvalue weighted by atomic mass is 10.0. The van der Waals surface area contributed by atoms with Crippen LogP contribution in [0.5, 0.6) is 0 Å². The molecule has 0 heterocycles. The maximum absolute atomic E-state index is 14.0. The summed E-state index contributed by atoms with van der Waals surface area (Å²) in [6, 6.07) is 3.04. The van der Waals surface area contributed by atoms with E-state index in [9.17, 15) is 9.18 Å². The highest BCUT2D eigenvalue weighted by molar-refractivity contribution is 5.95. The van der Waals surface area contributed by atoms with Crippen molar-refractivity contribution in [2.45, 2.75) is 58.9 Å². The third-order valence-corrected chi connectivity index (χ3v) is 3.40. The van der Waals surface area contributed by atoms with Crippen molar-refractivity contribution in [2.24, 2.45) is 0 Å². The minimum atomic E-state index is -0.484. The van der Waals surface area contributed by atoms with Crippen molar-refractivity contribution in [1.29, 1.82) is 0 Å². The van der Waals surface area contributed by atoms with E-state index < -0.39 is 5.82 Å². The van der Waals surface area contributed by atoms with Gasteiger partial charge in [0.05, 0.1) is 5.56 Å². The van der Waals surface area contributed by atoms with Crippen LogP contribution in [-0.2, 0) is 0 Å². The maximum Gasteiger partial charge on any atom is 0.254 e. The molecule has 1 rings (SSSR count). The van der Waals surface area contributed by atoms with E-state index in [1.54, 1.807) is 6.92 Å². The predicted octanol–water partition coefficient (Wildman–Crippen LogP) is 3.81. The van der Waals surface area contributed by atoms with Gasteiger partial charge in [0.25, 0.3) is 5.91 Å². The third-order valence-electron chi connectivity index (χ3n) is 3.40. The lowest BCUT2D eigenvalue weighted by molar-refractivity contribution is 0.0928. The number of hydrogen-bond donors (Lipinski definition) is 2. The van der Waals surface area contributed by atoms with Crippen molar-refractivity contribution in [3.63, 3.8) is 0 Å². The largest absolute Gasteiger partial charge is 0.399 e. The Labute approximate surface area is 120 Å². The van der Waals surface area contributed by atoms with E-state index in [1.807, 2.05) is 0 Å². The molecule has 1 aromatic carbocycles. The molecule has 20 heavy (non-hydrogen) atoms. The lowest BCUT2D eigenvalue weighted by Crippen LogP contribution is -2.35. The molecule has 4 heteroatoms. The zero-order chi connectivity index (χ0) is 15.1. The topological polar surface area (TPSA) is 55.1 Å². The molecule has 3 nitrogen and oxygen atoms in total. The number of amides is 1. The van der Waals surface area contributed by atoms with Crippen molar-refractivity contribution in [3.8, 4) is 0 Å². The Hall–Kier alpha value is -1.58. The zero-order valence-corrected chi connectivity index (χ0v) is 12.6. The molecule has 1 amide bonds. The molecule has 0 aliphatic carbocycles. The van der Waals surface area contributed by atoms with Gasteiger partial charge in [-0.05, 0) is 37.5 Å². The summed E-state index contributed by atoms with van der Waals surface area (Å²) in [6.45, 7) is 5.81. The van der Waals surface area contributed by atoms with Crippen LogP contribution in [0.15, 0.2) is 12.1 Å². The van der Waals surface area contributed by atoms with Gasteiger partial charge in [0.15, 0.2) is 0 Å². The fourth-order valence-corrected chi connectivity index (χ4v) is 2.31. The molecule has 0 saturated carbocycles. The number of hydrogen-bond acceptors (Lipinski definition) is 2. The first-order valence-electron chi connectivity index (χ1n) is 7.36. The van der Waals surface area contributed by atoms with Crippen LogP contribution in [0, 0.1) is 12.7 Å². The highest BCUT2D eigenvalue weighted by Crippen LogP contribution is 2.18. The fourth-order valence-electron chi connectivity index (χ4n) is 2.31. The first kappa shape index (κ1) is 16.5. The minimum absolute atomic E-state index is 0.0418. The minimum Gasteiger partial charge on any atom is -0.399 e. The second-order valence-corrected chi connectivity index (χ2v) is 5.30. The number of halogens is 1. The van der Waals surface area contributed by atoms with Crippen molar-refractivity contribution < 1.29 is 9.18 Å². The summed E-state index contributed by atoms with van der Waals surface area (Å²) in [5.41, 5.74) is 6.54. The van der Waals surface area contributed by atoms with E-state index >= 15 is 0 Å². The average Bonchev–Trinajstić information content (AvgIpc) is 2.40. The summed E-state index contributed by atoms with van der Waals surface area (Å²) in [5, 5.41) is 2.93. The molecule has 0 fully saturated rings. The van der Waals surface area contributed by atoms with Crippen molar-refractivity contribution >= 4 is 11.6 Å². The van der Waals surface area contributed by atoms with E-state index in [0.717, 1.165) is 32.1 Å². The number of nitrogen functional groups attached to an aromatic ring is 1. The van der Waals surface area contributed by atoms with Crippen molar-refractivity contribution in [2.75, 3.05) is 5.73 Å². The number of anilines is 1. The number of unbranched alkanes of at least 4 members (excludes halogenated alkanes) is 1. The third kappa shape index (κ3) is 4.51. The highest BCUT2D eigenvalue weighted by Gasteiger charge is 2.18. The molecule has 0 saturated heterocycles. The standard InChI is InChI=1S/C16H25FN2O/c1-4-6-8-13(7-5-2)19-16(20)14-10-12(18)9-11(3)15(14)17/h9-10,13H,4-8,18H2,1-3H3,(H,19,20). The van der Waals surface area contributed by atoms with Crippen molar-refractivity contribution in [1.82, 2.24) is 5.32 Å². The molecule has 3 N–H and O–H groups in total. The monoisotopic (exact) mass is 280 g/mol. The normalized spacial score (nSPS) is 12.2. The molecule has 0 aliphatic heterocycles. The first-order valence-corrected chi connectivity index (χ1v) is 7.36. The number of nitrogens with two attached hydrogens (primary N) is 1. The van der Waals surface area contributed by atoms with Gasteiger partial charge in [-0.15, -0.1) is 0 Å². The van der Waals surface area contributed by atoms with Crippen LogP contribution >= 0.6 is 0 Å². The Morgan fingerprint density at radius 3 is 2.60 bits per heavy atom. The van der Waals surface area contributed by atoms with Gasteiger partial charge in [0, 0.05) is 11.7 Å². The fraction of sp³-hybridized carbons (Fsp3) is 0.562. The molecular weight excluding hydrogens is 255 g/mol. The van der Waals surface area contributed by atoms with E-state index in [0.29, 0.717) is 11.3 Å². The summed E-state index contributed by atoms with van der Waals surface area (Å²) in [5.74, 6) is -0.852. The molecular formula is C16H25FN2O. The van der Waals surface area contributed by atoms with Crippen LogP contribution in [0.2, 0.25) is 0 Å². The summed E-state index contributed by atoms with van der Waals surface area (Å²) in [4.78, 5) is 12.2. The van der Waals surface area contributed by atoms with Crippen LogP contribution in [0.3, 0.4) is 0 Å².